The molecule has 0 saturated heterocycles. The summed E-state index contributed by atoms with van der Waals surface area (Å²) in [5.41, 5.74) is 11.2. The van der Waals surface area contributed by atoms with Gasteiger partial charge in [-0.2, -0.15) is 0 Å². The first-order chi connectivity index (χ1) is 13.5. The lowest BCUT2D eigenvalue weighted by molar-refractivity contribution is -0.142. The van der Waals surface area contributed by atoms with Crippen LogP contribution in [0, 0.1) is 11.8 Å². The molecule has 10 heteroatoms. The third kappa shape index (κ3) is 11.4. The van der Waals surface area contributed by atoms with E-state index in [1.54, 1.807) is 13.8 Å². The van der Waals surface area contributed by atoms with Crippen molar-refractivity contribution in [2.75, 3.05) is 13.1 Å². The first-order valence-corrected chi connectivity index (χ1v) is 10.0. The summed E-state index contributed by atoms with van der Waals surface area (Å²) in [6.07, 6.45) is 1.82. The SMILES string of the molecule is CC(C)CC(NC(=O)C(CCCCN)NC(=O)CNC(=O)C(N)C(C)C)C(=O)O. The quantitative estimate of drug-likeness (QED) is 0.203. The number of unbranched alkanes of at least 4 members (excludes halogenated alkanes) is 1. The topological polar surface area (TPSA) is 177 Å². The summed E-state index contributed by atoms with van der Waals surface area (Å²) in [5.74, 6) is -2.73. The molecule has 10 nitrogen and oxygen atoms in total. The van der Waals surface area contributed by atoms with E-state index in [9.17, 15) is 24.3 Å². The van der Waals surface area contributed by atoms with Crippen molar-refractivity contribution in [2.45, 2.75) is 71.5 Å². The van der Waals surface area contributed by atoms with Crippen LogP contribution in [-0.2, 0) is 19.2 Å². The van der Waals surface area contributed by atoms with Gasteiger partial charge in [0.15, 0.2) is 0 Å². The molecule has 0 rings (SSSR count). The van der Waals surface area contributed by atoms with Gasteiger partial charge in [-0.15, -0.1) is 0 Å². The van der Waals surface area contributed by atoms with Crippen LogP contribution in [0.1, 0.15) is 53.4 Å². The van der Waals surface area contributed by atoms with Crippen molar-refractivity contribution >= 4 is 23.7 Å². The standard InChI is InChI=1S/C19H37N5O5/c1-11(2)9-14(19(28)29)24-17(26)13(7-5-6-8-20)23-15(25)10-22-18(27)16(21)12(3)4/h11-14,16H,5-10,20-21H2,1-4H3,(H,22,27)(H,23,25)(H,24,26)(H,28,29). The van der Waals surface area contributed by atoms with Gasteiger partial charge in [0.1, 0.15) is 12.1 Å². The monoisotopic (exact) mass is 415 g/mol. The molecular formula is C19H37N5O5. The van der Waals surface area contributed by atoms with Crippen LogP contribution < -0.4 is 27.4 Å². The Morgan fingerprint density at radius 1 is 0.931 bits per heavy atom. The number of rotatable bonds is 14. The molecule has 0 radical (unpaired) electrons. The molecule has 0 aromatic carbocycles. The Balaban J connectivity index is 4.93. The minimum Gasteiger partial charge on any atom is -0.480 e. The number of carbonyl (C=O) groups is 4. The van der Waals surface area contributed by atoms with Gasteiger partial charge in [-0.1, -0.05) is 27.7 Å². The van der Waals surface area contributed by atoms with Crippen molar-refractivity contribution in [1.82, 2.24) is 16.0 Å². The molecule has 0 aliphatic rings. The third-order valence-electron chi connectivity index (χ3n) is 4.36. The molecule has 168 valence electrons. The molecule has 3 unspecified atom stereocenters. The van der Waals surface area contributed by atoms with Gasteiger partial charge in [0.25, 0.3) is 0 Å². The van der Waals surface area contributed by atoms with Crippen LogP contribution in [0.2, 0.25) is 0 Å². The predicted octanol–water partition coefficient (Wildman–Crippen LogP) is -0.685. The number of hydrogen-bond donors (Lipinski definition) is 6. The molecule has 29 heavy (non-hydrogen) atoms. The zero-order valence-electron chi connectivity index (χ0n) is 17.9. The zero-order valence-corrected chi connectivity index (χ0v) is 17.9. The zero-order chi connectivity index (χ0) is 22.6. The number of carbonyl (C=O) groups excluding carboxylic acids is 3. The van der Waals surface area contributed by atoms with E-state index >= 15 is 0 Å². The lowest BCUT2D eigenvalue weighted by Gasteiger charge is -2.22. The highest BCUT2D eigenvalue weighted by Gasteiger charge is 2.27. The number of amides is 3. The van der Waals surface area contributed by atoms with Gasteiger partial charge in [-0.25, -0.2) is 4.79 Å². The van der Waals surface area contributed by atoms with E-state index in [1.807, 2.05) is 13.8 Å². The summed E-state index contributed by atoms with van der Waals surface area (Å²) in [7, 11) is 0. The molecule has 0 aliphatic carbocycles. The summed E-state index contributed by atoms with van der Waals surface area (Å²) < 4.78 is 0. The molecule has 0 spiro atoms. The lowest BCUT2D eigenvalue weighted by atomic mass is 10.0. The average molecular weight is 416 g/mol. The summed E-state index contributed by atoms with van der Waals surface area (Å²) in [5, 5.41) is 16.8. The number of carboxylic acid groups (broad SMARTS) is 1. The highest BCUT2D eigenvalue weighted by Crippen LogP contribution is 2.07. The number of nitrogens with one attached hydrogen (secondary N) is 3. The van der Waals surface area contributed by atoms with Crippen LogP contribution in [0.4, 0.5) is 0 Å². The van der Waals surface area contributed by atoms with E-state index in [4.69, 9.17) is 11.5 Å². The second kappa shape index (κ2) is 13.9. The number of hydrogen-bond acceptors (Lipinski definition) is 6. The van der Waals surface area contributed by atoms with E-state index in [-0.39, 0.29) is 24.8 Å². The van der Waals surface area contributed by atoms with Gasteiger partial charge in [-0.05, 0) is 44.1 Å². The van der Waals surface area contributed by atoms with Crippen LogP contribution in [0.3, 0.4) is 0 Å². The van der Waals surface area contributed by atoms with Crippen molar-refractivity contribution in [3.63, 3.8) is 0 Å². The first-order valence-electron chi connectivity index (χ1n) is 10.0. The Kier molecular flexibility index (Phi) is 12.8. The number of carboxylic acids is 1. The van der Waals surface area contributed by atoms with Crippen LogP contribution in [0.25, 0.3) is 0 Å². The van der Waals surface area contributed by atoms with E-state index in [0.717, 1.165) is 0 Å². The van der Waals surface area contributed by atoms with Crippen molar-refractivity contribution in [3.8, 4) is 0 Å². The fourth-order valence-electron chi connectivity index (χ4n) is 2.56. The van der Waals surface area contributed by atoms with Crippen LogP contribution in [-0.4, -0.2) is 60.0 Å². The third-order valence-corrected chi connectivity index (χ3v) is 4.36. The Labute approximate surface area is 172 Å². The van der Waals surface area contributed by atoms with Gasteiger partial charge in [-0.3, -0.25) is 14.4 Å². The fourth-order valence-corrected chi connectivity index (χ4v) is 2.56. The molecule has 0 bridgehead atoms. The lowest BCUT2D eigenvalue weighted by Crippen LogP contribution is -2.54. The second-order valence-electron chi connectivity index (χ2n) is 7.92. The minimum atomic E-state index is -1.13. The smallest absolute Gasteiger partial charge is 0.326 e. The van der Waals surface area contributed by atoms with E-state index in [1.165, 1.54) is 0 Å². The molecule has 0 fully saturated rings. The summed E-state index contributed by atoms with van der Waals surface area (Å²) >= 11 is 0. The molecule has 0 heterocycles. The summed E-state index contributed by atoms with van der Waals surface area (Å²) in [6.45, 7) is 7.40. The van der Waals surface area contributed by atoms with Gasteiger partial charge in [0.05, 0.1) is 12.6 Å². The maximum absolute atomic E-state index is 12.6. The summed E-state index contributed by atoms with van der Waals surface area (Å²) in [6, 6.07) is -2.70. The highest BCUT2D eigenvalue weighted by atomic mass is 16.4. The second-order valence-corrected chi connectivity index (χ2v) is 7.92. The van der Waals surface area contributed by atoms with Crippen LogP contribution >= 0.6 is 0 Å². The van der Waals surface area contributed by atoms with E-state index < -0.39 is 41.8 Å². The minimum absolute atomic E-state index is 0.0714. The molecule has 0 saturated carbocycles. The maximum Gasteiger partial charge on any atom is 0.326 e. The van der Waals surface area contributed by atoms with Crippen molar-refractivity contribution in [2.24, 2.45) is 23.3 Å². The van der Waals surface area contributed by atoms with E-state index in [0.29, 0.717) is 25.8 Å². The largest absolute Gasteiger partial charge is 0.480 e. The van der Waals surface area contributed by atoms with Gasteiger partial charge >= 0.3 is 5.97 Å². The maximum atomic E-state index is 12.6. The Morgan fingerprint density at radius 3 is 2.03 bits per heavy atom. The molecule has 0 aromatic heterocycles. The number of aliphatic carboxylic acids is 1. The van der Waals surface area contributed by atoms with Gasteiger partial charge < -0.3 is 32.5 Å². The van der Waals surface area contributed by atoms with Gasteiger partial charge in [0, 0.05) is 0 Å². The molecule has 0 aromatic rings. The van der Waals surface area contributed by atoms with E-state index in [2.05, 4.69) is 16.0 Å². The number of nitrogens with two attached hydrogens (primary N) is 2. The van der Waals surface area contributed by atoms with Gasteiger partial charge in [0.2, 0.25) is 17.7 Å². The van der Waals surface area contributed by atoms with Crippen molar-refractivity contribution < 1.29 is 24.3 Å². The molecule has 3 atom stereocenters. The average Bonchev–Trinajstić information content (AvgIpc) is 2.63. The Morgan fingerprint density at radius 2 is 1.55 bits per heavy atom. The first kappa shape index (κ1) is 26.8. The van der Waals surface area contributed by atoms with Crippen molar-refractivity contribution in [3.05, 3.63) is 0 Å². The molecule has 8 N–H and O–H groups in total. The Bertz CT molecular complexity index is 553. The van der Waals surface area contributed by atoms with Crippen LogP contribution in [0.5, 0.6) is 0 Å². The molecule has 3 amide bonds. The highest BCUT2D eigenvalue weighted by molar-refractivity contribution is 5.92. The predicted molar refractivity (Wildman–Crippen MR) is 110 cm³/mol. The fraction of sp³-hybridized carbons (Fsp3) is 0.789. The Hall–Kier alpha value is -2.20. The molecule has 0 aliphatic heterocycles. The molecular weight excluding hydrogens is 378 g/mol. The summed E-state index contributed by atoms with van der Waals surface area (Å²) in [4.78, 5) is 48.0. The van der Waals surface area contributed by atoms with Crippen LogP contribution in [0.15, 0.2) is 0 Å². The normalized spacial score (nSPS) is 14.2. The van der Waals surface area contributed by atoms with Crippen molar-refractivity contribution in [1.29, 1.82) is 0 Å².